The van der Waals surface area contributed by atoms with Crippen LogP contribution in [0.15, 0.2) is 54.6 Å². The number of para-hydroxylation sites is 1. The highest BCUT2D eigenvalue weighted by Crippen LogP contribution is 2.35. The van der Waals surface area contributed by atoms with Crippen molar-refractivity contribution in [3.63, 3.8) is 0 Å². The van der Waals surface area contributed by atoms with Crippen LogP contribution in [0.1, 0.15) is 50.3 Å². The molecule has 1 saturated carbocycles. The summed E-state index contributed by atoms with van der Waals surface area (Å²) in [6, 6.07) is 16.5. The minimum Gasteiger partial charge on any atom is -0.438 e. The number of aromatic nitrogens is 2. The molecule has 6 heteroatoms. The van der Waals surface area contributed by atoms with Crippen LogP contribution in [0.4, 0.5) is 4.39 Å². The number of benzene rings is 2. The number of halogens is 1. The van der Waals surface area contributed by atoms with Crippen LogP contribution in [0.5, 0.6) is 11.6 Å². The van der Waals surface area contributed by atoms with E-state index in [9.17, 15) is 9.50 Å². The summed E-state index contributed by atoms with van der Waals surface area (Å²) in [5.41, 5.74) is 2.72. The topological polar surface area (TPSA) is 50.5 Å². The molecule has 1 aliphatic rings. The number of hydrogen-bond donors (Lipinski definition) is 1. The average molecular weight is 438 g/mol. The van der Waals surface area contributed by atoms with Crippen molar-refractivity contribution >= 4 is 0 Å². The lowest BCUT2D eigenvalue weighted by Crippen LogP contribution is -2.34. The van der Waals surface area contributed by atoms with E-state index >= 15 is 0 Å². The first kappa shape index (κ1) is 22.5. The maximum absolute atomic E-state index is 13.8. The molecule has 1 aromatic heterocycles. The Bertz CT molecular complexity index is 1020. The highest BCUT2D eigenvalue weighted by molar-refractivity contribution is 5.43. The van der Waals surface area contributed by atoms with E-state index in [4.69, 9.17) is 9.84 Å². The molecule has 1 fully saturated rings. The summed E-state index contributed by atoms with van der Waals surface area (Å²) in [7, 11) is 0. The van der Waals surface area contributed by atoms with Crippen LogP contribution >= 0.6 is 0 Å². The zero-order chi connectivity index (χ0) is 22.5. The Kier molecular flexibility index (Phi) is 7.22. The number of hydrogen-bond acceptors (Lipinski definition) is 4. The van der Waals surface area contributed by atoms with Crippen molar-refractivity contribution in [2.45, 2.75) is 64.6 Å². The van der Waals surface area contributed by atoms with Crippen molar-refractivity contribution in [3.8, 4) is 17.3 Å². The lowest BCUT2D eigenvalue weighted by atomic mass is 10.1. The maximum atomic E-state index is 13.8. The summed E-state index contributed by atoms with van der Waals surface area (Å²) in [6.45, 7) is 5.39. The van der Waals surface area contributed by atoms with Gasteiger partial charge in [-0.05, 0) is 50.5 Å². The molecule has 3 aromatic rings. The zero-order valence-corrected chi connectivity index (χ0v) is 18.9. The van der Waals surface area contributed by atoms with Gasteiger partial charge >= 0.3 is 0 Å². The quantitative estimate of drug-likeness (QED) is 0.423. The number of rotatable bonds is 11. The fraction of sp³-hybridized carbons (Fsp3) is 0.423. The molecule has 2 aromatic carbocycles. The normalized spacial score (nSPS) is 14.7. The molecule has 170 valence electrons. The summed E-state index contributed by atoms with van der Waals surface area (Å²) in [5, 5.41) is 15.3. The minimum absolute atomic E-state index is 0.340. The Balaban J connectivity index is 1.66. The van der Waals surface area contributed by atoms with Crippen molar-refractivity contribution in [1.29, 1.82) is 0 Å². The lowest BCUT2D eigenvalue weighted by molar-refractivity contribution is 0.0949. The van der Waals surface area contributed by atoms with Gasteiger partial charge in [0.25, 0.3) is 0 Å². The van der Waals surface area contributed by atoms with Gasteiger partial charge in [-0.25, -0.2) is 9.07 Å². The molecule has 0 radical (unpaired) electrons. The fourth-order valence-corrected chi connectivity index (χ4v) is 4.00. The van der Waals surface area contributed by atoms with E-state index in [0.29, 0.717) is 30.8 Å². The minimum atomic E-state index is -0.342. The molecule has 4 rings (SSSR count). The molecule has 0 aliphatic heterocycles. The molecule has 0 bridgehead atoms. The predicted octanol–water partition coefficient (Wildman–Crippen LogP) is 5.63. The molecule has 1 N–H and O–H groups in total. The van der Waals surface area contributed by atoms with Gasteiger partial charge in [0, 0.05) is 25.2 Å². The lowest BCUT2D eigenvalue weighted by Gasteiger charge is -2.25. The van der Waals surface area contributed by atoms with Crippen molar-refractivity contribution in [2.75, 3.05) is 6.54 Å². The summed E-state index contributed by atoms with van der Waals surface area (Å²) in [4.78, 5) is 2.35. The van der Waals surface area contributed by atoms with Crippen LogP contribution in [0.2, 0.25) is 0 Å². The zero-order valence-electron chi connectivity index (χ0n) is 18.9. The van der Waals surface area contributed by atoms with E-state index < -0.39 is 0 Å². The Labute approximate surface area is 189 Å². The molecule has 0 amide bonds. The second-order valence-corrected chi connectivity index (χ2v) is 8.63. The molecule has 0 saturated heterocycles. The molecule has 32 heavy (non-hydrogen) atoms. The number of aliphatic hydroxyl groups excluding tert-OH is 1. The largest absolute Gasteiger partial charge is 0.438 e. The summed E-state index contributed by atoms with van der Waals surface area (Å²) < 4.78 is 21.9. The first-order chi connectivity index (χ1) is 15.5. The van der Waals surface area contributed by atoms with Crippen LogP contribution in [-0.2, 0) is 6.54 Å². The van der Waals surface area contributed by atoms with E-state index in [1.54, 1.807) is 16.8 Å². The van der Waals surface area contributed by atoms with Crippen LogP contribution < -0.4 is 4.74 Å². The van der Waals surface area contributed by atoms with Gasteiger partial charge in [0.15, 0.2) is 0 Å². The van der Waals surface area contributed by atoms with E-state index in [0.717, 1.165) is 49.0 Å². The highest BCUT2D eigenvalue weighted by Gasteiger charge is 2.32. The van der Waals surface area contributed by atoms with Gasteiger partial charge in [-0.1, -0.05) is 44.0 Å². The van der Waals surface area contributed by atoms with E-state index in [1.807, 2.05) is 37.3 Å². The number of aliphatic hydroxyl groups is 1. The van der Waals surface area contributed by atoms with Crippen LogP contribution in [0.3, 0.4) is 0 Å². The second-order valence-electron chi connectivity index (χ2n) is 8.63. The first-order valence-electron chi connectivity index (χ1n) is 11.5. The third-order valence-corrected chi connectivity index (χ3v) is 5.91. The molecule has 0 spiro atoms. The molecule has 1 aliphatic carbocycles. The third kappa shape index (κ3) is 5.56. The molecular weight excluding hydrogens is 405 g/mol. The van der Waals surface area contributed by atoms with Gasteiger partial charge in [0.2, 0.25) is 5.88 Å². The van der Waals surface area contributed by atoms with Crippen molar-refractivity contribution in [3.05, 3.63) is 71.7 Å². The van der Waals surface area contributed by atoms with Crippen molar-refractivity contribution in [1.82, 2.24) is 14.7 Å². The smallest absolute Gasteiger partial charge is 0.227 e. The maximum Gasteiger partial charge on any atom is 0.227 e. The Morgan fingerprint density at radius 1 is 1.19 bits per heavy atom. The highest BCUT2D eigenvalue weighted by atomic mass is 19.1. The second kappa shape index (κ2) is 10.3. The fourth-order valence-electron chi connectivity index (χ4n) is 4.00. The molecule has 0 unspecified atom stereocenters. The van der Waals surface area contributed by atoms with Gasteiger partial charge in [0.05, 0.1) is 23.0 Å². The van der Waals surface area contributed by atoms with Crippen LogP contribution in [0.25, 0.3) is 5.69 Å². The number of unbranched alkanes of at least 4 members (excludes halogenated alkanes) is 1. The third-order valence-electron chi connectivity index (χ3n) is 5.91. The van der Waals surface area contributed by atoms with Gasteiger partial charge < -0.3 is 9.84 Å². The summed E-state index contributed by atoms with van der Waals surface area (Å²) >= 11 is 0. The predicted molar refractivity (Wildman–Crippen MR) is 124 cm³/mol. The van der Waals surface area contributed by atoms with E-state index in [2.05, 4.69) is 11.8 Å². The average Bonchev–Trinajstić information content (AvgIpc) is 3.59. The van der Waals surface area contributed by atoms with Gasteiger partial charge in [-0.2, -0.15) is 5.10 Å². The Morgan fingerprint density at radius 3 is 2.66 bits per heavy atom. The van der Waals surface area contributed by atoms with Gasteiger partial charge in [-0.3, -0.25) is 4.90 Å². The van der Waals surface area contributed by atoms with E-state index in [1.165, 1.54) is 12.1 Å². The van der Waals surface area contributed by atoms with Gasteiger partial charge in [0.1, 0.15) is 11.6 Å². The number of ether oxygens (including phenoxy) is 1. The molecule has 1 atom stereocenters. The van der Waals surface area contributed by atoms with Crippen LogP contribution in [0, 0.1) is 12.7 Å². The van der Waals surface area contributed by atoms with Crippen molar-refractivity contribution in [2.24, 2.45) is 0 Å². The van der Waals surface area contributed by atoms with Crippen molar-refractivity contribution < 1.29 is 14.2 Å². The van der Waals surface area contributed by atoms with Gasteiger partial charge in [-0.15, -0.1) is 0 Å². The first-order valence-corrected chi connectivity index (χ1v) is 11.5. The molecule has 1 heterocycles. The SMILES string of the molecule is CCCC[C@@H](O)CN(Cc1c(C)nn(-c2ccccc2)c1Oc1cccc(F)c1)C1CC1. The number of aryl methyl sites for hydroxylation is 1. The molecular formula is C26H32FN3O2. The number of nitrogens with zero attached hydrogens (tertiary/aromatic N) is 3. The van der Waals surface area contributed by atoms with Crippen LogP contribution in [-0.4, -0.2) is 38.5 Å². The standard InChI is InChI=1S/C26H32FN3O2/c1-3-4-12-23(31)17-29(21-14-15-21)18-25-19(2)28-30(22-10-6-5-7-11-22)26(25)32-24-13-8-9-20(27)16-24/h5-11,13,16,21,23,31H,3-4,12,14-15,17-18H2,1-2H3/t23-/m1/s1. The van der Waals surface area contributed by atoms with E-state index in [-0.39, 0.29) is 11.9 Å². The molecule has 5 nitrogen and oxygen atoms in total. The summed E-state index contributed by atoms with van der Waals surface area (Å²) in [6.07, 6.45) is 4.87. The Morgan fingerprint density at radius 2 is 1.97 bits per heavy atom. The summed E-state index contributed by atoms with van der Waals surface area (Å²) in [5.74, 6) is 0.683. The monoisotopic (exact) mass is 437 g/mol. The Hall–Kier alpha value is -2.70.